The standard InChI is InChI=1S/C21H23BF3NO3/c1-12-9-10-13(11-16(12)22-28-19(2,3)20(4,5)29-22)17-14(18(26)27)7-6-8-15(17)21(23,24)25/h6-11H,1-5H3,(H2,26,27). The molecule has 1 aliphatic rings. The van der Waals surface area contributed by atoms with Crippen molar-refractivity contribution in [2.75, 3.05) is 0 Å². The fraction of sp³-hybridized carbons (Fsp3) is 0.381. The molecule has 2 aromatic carbocycles. The van der Waals surface area contributed by atoms with Gasteiger partial charge >= 0.3 is 13.3 Å². The van der Waals surface area contributed by atoms with Gasteiger partial charge in [-0.25, -0.2) is 0 Å². The fourth-order valence-electron chi connectivity index (χ4n) is 3.32. The van der Waals surface area contributed by atoms with Crippen LogP contribution in [0, 0.1) is 6.92 Å². The van der Waals surface area contributed by atoms with Gasteiger partial charge in [-0.3, -0.25) is 4.79 Å². The molecule has 1 amide bonds. The fourth-order valence-corrected chi connectivity index (χ4v) is 3.32. The second kappa shape index (κ2) is 6.88. The van der Waals surface area contributed by atoms with Crippen LogP contribution in [-0.2, 0) is 15.5 Å². The van der Waals surface area contributed by atoms with Gasteiger partial charge in [0.05, 0.1) is 16.8 Å². The number of nitrogens with two attached hydrogens (primary N) is 1. The highest BCUT2D eigenvalue weighted by molar-refractivity contribution is 6.62. The molecule has 154 valence electrons. The number of hydrogen-bond donors (Lipinski definition) is 1. The molecule has 0 atom stereocenters. The third-order valence-electron chi connectivity index (χ3n) is 5.71. The summed E-state index contributed by atoms with van der Waals surface area (Å²) in [4.78, 5) is 11.9. The monoisotopic (exact) mass is 405 g/mol. The van der Waals surface area contributed by atoms with Gasteiger partial charge in [-0.2, -0.15) is 13.2 Å². The first-order valence-electron chi connectivity index (χ1n) is 9.21. The number of hydrogen-bond acceptors (Lipinski definition) is 3. The van der Waals surface area contributed by atoms with Crippen LogP contribution in [0.3, 0.4) is 0 Å². The lowest BCUT2D eigenvalue weighted by atomic mass is 9.74. The van der Waals surface area contributed by atoms with E-state index in [1.165, 1.54) is 12.1 Å². The normalized spacial score (nSPS) is 18.1. The number of benzene rings is 2. The molecular formula is C21H23BF3NO3. The molecule has 1 fully saturated rings. The van der Waals surface area contributed by atoms with Crippen molar-refractivity contribution in [2.45, 2.75) is 52.0 Å². The van der Waals surface area contributed by atoms with E-state index >= 15 is 0 Å². The van der Waals surface area contributed by atoms with Crippen molar-refractivity contribution in [1.82, 2.24) is 0 Å². The number of carbonyl (C=O) groups excluding carboxylic acids is 1. The van der Waals surface area contributed by atoms with E-state index in [1.807, 2.05) is 34.6 Å². The topological polar surface area (TPSA) is 61.6 Å². The van der Waals surface area contributed by atoms with Crippen LogP contribution in [0.1, 0.15) is 49.2 Å². The predicted octanol–water partition coefficient (Wildman–Crippen LogP) is 4.08. The van der Waals surface area contributed by atoms with Gasteiger partial charge in [-0.1, -0.05) is 29.8 Å². The highest BCUT2D eigenvalue weighted by Crippen LogP contribution is 2.40. The van der Waals surface area contributed by atoms with Crippen molar-refractivity contribution in [3.05, 3.63) is 53.1 Å². The van der Waals surface area contributed by atoms with Gasteiger partial charge < -0.3 is 15.0 Å². The lowest BCUT2D eigenvalue weighted by Crippen LogP contribution is -2.41. The molecular weight excluding hydrogens is 382 g/mol. The summed E-state index contributed by atoms with van der Waals surface area (Å²) in [7, 11) is -0.741. The van der Waals surface area contributed by atoms with Gasteiger partial charge in [0.25, 0.3) is 0 Å². The Balaban J connectivity index is 2.19. The van der Waals surface area contributed by atoms with Gasteiger partial charge in [0.2, 0.25) is 5.91 Å². The van der Waals surface area contributed by atoms with Crippen LogP contribution < -0.4 is 11.2 Å². The van der Waals surface area contributed by atoms with Gasteiger partial charge in [0.1, 0.15) is 0 Å². The molecule has 4 nitrogen and oxygen atoms in total. The van der Waals surface area contributed by atoms with Crippen LogP contribution in [0.2, 0.25) is 0 Å². The summed E-state index contributed by atoms with van der Waals surface area (Å²) in [6.07, 6.45) is -4.64. The summed E-state index contributed by atoms with van der Waals surface area (Å²) in [6.45, 7) is 9.42. The zero-order chi connectivity index (χ0) is 21.8. The second-order valence-electron chi connectivity index (χ2n) is 8.25. The van der Waals surface area contributed by atoms with Crippen LogP contribution in [0.15, 0.2) is 36.4 Å². The molecule has 1 aliphatic heterocycles. The first kappa shape index (κ1) is 21.4. The van der Waals surface area contributed by atoms with E-state index in [0.29, 0.717) is 5.46 Å². The van der Waals surface area contributed by atoms with Crippen molar-refractivity contribution in [3.8, 4) is 11.1 Å². The van der Waals surface area contributed by atoms with Crippen LogP contribution in [-0.4, -0.2) is 24.2 Å². The molecule has 0 aromatic heterocycles. The number of halogens is 3. The molecule has 8 heteroatoms. The summed E-state index contributed by atoms with van der Waals surface area (Å²) < 4.78 is 53.1. The summed E-state index contributed by atoms with van der Waals surface area (Å²) in [5.74, 6) is -0.927. The maximum atomic E-state index is 13.7. The van der Waals surface area contributed by atoms with E-state index in [2.05, 4.69) is 0 Å². The zero-order valence-corrected chi connectivity index (χ0v) is 17.0. The van der Waals surface area contributed by atoms with E-state index < -0.39 is 36.0 Å². The van der Waals surface area contributed by atoms with Gasteiger partial charge in [0, 0.05) is 11.1 Å². The second-order valence-corrected chi connectivity index (χ2v) is 8.25. The molecule has 0 spiro atoms. The Morgan fingerprint density at radius 2 is 1.62 bits per heavy atom. The minimum Gasteiger partial charge on any atom is -0.399 e. The number of primary amides is 1. The van der Waals surface area contributed by atoms with E-state index in [4.69, 9.17) is 15.0 Å². The van der Waals surface area contributed by atoms with E-state index in [-0.39, 0.29) is 16.7 Å². The Morgan fingerprint density at radius 1 is 1.03 bits per heavy atom. The van der Waals surface area contributed by atoms with E-state index in [9.17, 15) is 18.0 Å². The number of carbonyl (C=O) groups is 1. The van der Waals surface area contributed by atoms with Crippen molar-refractivity contribution in [3.63, 3.8) is 0 Å². The summed E-state index contributed by atoms with van der Waals surface area (Å²) in [5, 5.41) is 0. The number of amides is 1. The number of aryl methyl sites for hydroxylation is 1. The molecule has 29 heavy (non-hydrogen) atoms. The molecule has 0 aliphatic carbocycles. The Morgan fingerprint density at radius 3 is 2.14 bits per heavy atom. The van der Waals surface area contributed by atoms with Gasteiger partial charge in [-0.05, 0) is 57.8 Å². The van der Waals surface area contributed by atoms with Gasteiger partial charge in [0.15, 0.2) is 0 Å². The summed E-state index contributed by atoms with van der Waals surface area (Å²) in [6, 6.07) is 8.22. The summed E-state index contributed by atoms with van der Waals surface area (Å²) >= 11 is 0. The molecule has 0 bridgehead atoms. The van der Waals surface area contributed by atoms with Crippen LogP contribution in [0.4, 0.5) is 13.2 Å². The number of alkyl halides is 3. The minimum atomic E-state index is -4.64. The molecule has 0 saturated carbocycles. The van der Waals surface area contributed by atoms with Crippen molar-refractivity contribution in [1.29, 1.82) is 0 Å². The molecule has 0 unspecified atom stereocenters. The SMILES string of the molecule is Cc1ccc(-c2c(C(N)=O)cccc2C(F)(F)F)cc1B1OC(C)(C)C(C)(C)O1. The van der Waals surface area contributed by atoms with Crippen molar-refractivity contribution in [2.24, 2.45) is 5.73 Å². The average Bonchev–Trinajstić information content (AvgIpc) is 2.81. The number of rotatable bonds is 3. The largest absolute Gasteiger partial charge is 0.495 e. The molecule has 2 aromatic rings. The first-order chi connectivity index (χ1) is 13.2. The maximum Gasteiger partial charge on any atom is 0.495 e. The Bertz CT molecular complexity index is 954. The lowest BCUT2D eigenvalue weighted by molar-refractivity contribution is -0.137. The van der Waals surface area contributed by atoms with Gasteiger partial charge in [-0.15, -0.1) is 0 Å². The third kappa shape index (κ3) is 3.79. The summed E-state index contributed by atoms with van der Waals surface area (Å²) in [5.41, 5.74) is 4.46. The highest BCUT2D eigenvalue weighted by atomic mass is 19.4. The average molecular weight is 405 g/mol. The molecule has 1 heterocycles. The molecule has 3 rings (SSSR count). The third-order valence-corrected chi connectivity index (χ3v) is 5.71. The van der Waals surface area contributed by atoms with Crippen molar-refractivity contribution >= 4 is 18.5 Å². The molecule has 0 radical (unpaired) electrons. The maximum absolute atomic E-state index is 13.7. The predicted molar refractivity (Wildman–Crippen MR) is 106 cm³/mol. The lowest BCUT2D eigenvalue weighted by Gasteiger charge is -2.32. The molecule has 2 N–H and O–H groups in total. The minimum absolute atomic E-state index is 0.191. The quantitative estimate of drug-likeness (QED) is 0.783. The molecule has 1 saturated heterocycles. The van der Waals surface area contributed by atoms with Crippen LogP contribution >= 0.6 is 0 Å². The van der Waals surface area contributed by atoms with Crippen LogP contribution in [0.5, 0.6) is 0 Å². The Hall–Kier alpha value is -2.32. The van der Waals surface area contributed by atoms with E-state index in [1.54, 1.807) is 18.2 Å². The first-order valence-corrected chi connectivity index (χ1v) is 9.21. The highest BCUT2D eigenvalue weighted by Gasteiger charge is 2.52. The van der Waals surface area contributed by atoms with Crippen LogP contribution in [0.25, 0.3) is 11.1 Å². The Labute approximate surface area is 168 Å². The smallest absolute Gasteiger partial charge is 0.399 e. The zero-order valence-electron chi connectivity index (χ0n) is 17.0. The van der Waals surface area contributed by atoms with Crippen molar-refractivity contribution < 1.29 is 27.3 Å². The Kier molecular flexibility index (Phi) is 5.08. The van der Waals surface area contributed by atoms with E-state index in [0.717, 1.165) is 11.6 Å².